The van der Waals surface area contributed by atoms with Gasteiger partial charge in [0.05, 0.1) is 6.61 Å². The average molecular weight is 309 g/mol. The first-order chi connectivity index (χ1) is 8.61. The summed E-state index contributed by atoms with van der Waals surface area (Å²) in [6.07, 6.45) is 0. The van der Waals surface area contributed by atoms with E-state index in [4.69, 9.17) is 9.15 Å². The van der Waals surface area contributed by atoms with Crippen molar-refractivity contribution in [2.75, 3.05) is 6.61 Å². The average Bonchev–Trinajstić information content (AvgIpc) is 2.34. The number of rotatable bonds is 3. The van der Waals surface area contributed by atoms with Crippen molar-refractivity contribution in [2.45, 2.75) is 13.8 Å². The Hall–Kier alpha value is -1.55. The Morgan fingerprint density at radius 1 is 1.28 bits per heavy atom. The van der Waals surface area contributed by atoms with E-state index in [0.717, 1.165) is 10.0 Å². The van der Waals surface area contributed by atoms with Gasteiger partial charge >= 0.3 is 0 Å². The zero-order chi connectivity index (χ0) is 13.1. The van der Waals surface area contributed by atoms with Crippen molar-refractivity contribution in [1.29, 1.82) is 0 Å². The second kappa shape index (κ2) is 5.40. The topological polar surface area (TPSA) is 39.4 Å². The van der Waals surface area contributed by atoms with Crippen LogP contribution in [0, 0.1) is 6.92 Å². The van der Waals surface area contributed by atoms with Crippen molar-refractivity contribution in [3.05, 3.63) is 50.8 Å². The van der Waals surface area contributed by atoms with Gasteiger partial charge < -0.3 is 9.15 Å². The van der Waals surface area contributed by atoms with Gasteiger partial charge in [-0.25, -0.2) is 0 Å². The minimum Gasteiger partial charge on any atom is -0.487 e. The summed E-state index contributed by atoms with van der Waals surface area (Å²) in [5.41, 5.74) is 0.708. The summed E-state index contributed by atoms with van der Waals surface area (Å²) in [4.78, 5) is 11.9. The fraction of sp³-hybridized carbons (Fsp3) is 0.214. The highest BCUT2D eigenvalue weighted by Crippen LogP contribution is 2.24. The smallest absolute Gasteiger partial charge is 0.227 e. The molecule has 2 aromatic rings. The Morgan fingerprint density at radius 3 is 2.50 bits per heavy atom. The third kappa shape index (κ3) is 2.64. The molecule has 0 atom stereocenters. The van der Waals surface area contributed by atoms with E-state index in [1.165, 1.54) is 6.07 Å². The lowest BCUT2D eigenvalue weighted by molar-refractivity contribution is 0.317. The van der Waals surface area contributed by atoms with Crippen molar-refractivity contribution in [3.63, 3.8) is 0 Å². The molecule has 0 amide bonds. The first kappa shape index (κ1) is 12.9. The van der Waals surface area contributed by atoms with Crippen LogP contribution < -0.4 is 10.2 Å². The minimum absolute atomic E-state index is 0.154. The number of benzene rings is 1. The molecule has 1 aromatic carbocycles. The van der Waals surface area contributed by atoms with Crippen LogP contribution >= 0.6 is 15.9 Å². The molecule has 4 heteroatoms. The summed E-state index contributed by atoms with van der Waals surface area (Å²) < 4.78 is 11.9. The summed E-state index contributed by atoms with van der Waals surface area (Å²) in [6.45, 7) is 4.01. The number of aryl methyl sites for hydroxylation is 1. The van der Waals surface area contributed by atoms with Gasteiger partial charge in [-0.2, -0.15) is 0 Å². The summed E-state index contributed by atoms with van der Waals surface area (Å²) >= 11 is 3.37. The van der Waals surface area contributed by atoms with E-state index < -0.39 is 0 Å². The molecular weight excluding hydrogens is 296 g/mol. The van der Waals surface area contributed by atoms with Crippen LogP contribution in [-0.4, -0.2) is 6.61 Å². The van der Waals surface area contributed by atoms with Crippen LogP contribution in [-0.2, 0) is 0 Å². The number of hydrogen-bond donors (Lipinski definition) is 0. The highest BCUT2D eigenvalue weighted by molar-refractivity contribution is 9.10. The molecule has 0 spiro atoms. The Labute approximate surface area is 114 Å². The second-order valence-corrected chi connectivity index (χ2v) is 4.72. The van der Waals surface area contributed by atoms with E-state index >= 15 is 0 Å². The van der Waals surface area contributed by atoms with E-state index in [1.807, 2.05) is 31.2 Å². The molecule has 0 aliphatic rings. The maximum Gasteiger partial charge on any atom is 0.227 e. The molecule has 94 valence electrons. The predicted molar refractivity (Wildman–Crippen MR) is 74.0 cm³/mol. The van der Waals surface area contributed by atoms with Gasteiger partial charge in [0, 0.05) is 16.1 Å². The van der Waals surface area contributed by atoms with Gasteiger partial charge in [0.2, 0.25) is 11.2 Å². The lowest BCUT2D eigenvalue weighted by Crippen LogP contribution is -2.08. The van der Waals surface area contributed by atoms with Gasteiger partial charge in [-0.3, -0.25) is 4.79 Å². The van der Waals surface area contributed by atoms with E-state index in [2.05, 4.69) is 15.9 Å². The van der Waals surface area contributed by atoms with Gasteiger partial charge in [-0.05, 0) is 26.0 Å². The largest absolute Gasteiger partial charge is 0.487 e. The molecule has 0 saturated carbocycles. The summed E-state index contributed by atoms with van der Waals surface area (Å²) in [7, 11) is 0. The zero-order valence-corrected chi connectivity index (χ0v) is 11.8. The highest BCUT2D eigenvalue weighted by atomic mass is 79.9. The van der Waals surface area contributed by atoms with Gasteiger partial charge in [-0.1, -0.05) is 28.1 Å². The quantitative estimate of drug-likeness (QED) is 0.866. The lowest BCUT2D eigenvalue weighted by Gasteiger charge is -2.07. The minimum atomic E-state index is -0.154. The first-order valence-corrected chi connectivity index (χ1v) is 6.44. The molecule has 0 aliphatic carbocycles. The molecule has 0 aliphatic heterocycles. The maximum absolute atomic E-state index is 11.9. The second-order valence-electron chi connectivity index (χ2n) is 3.80. The van der Waals surface area contributed by atoms with E-state index in [9.17, 15) is 4.79 Å². The molecule has 2 rings (SSSR count). The fourth-order valence-electron chi connectivity index (χ4n) is 1.67. The van der Waals surface area contributed by atoms with Crippen molar-refractivity contribution < 1.29 is 9.15 Å². The summed E-state index contributed by atoms with van der Waals surface area (Å²) in [6, 6.07) is 9.05. The van der Waals surface area contributed by atoms with Crippen LogP contribution in [0.4, 0.5) is 0 Å². The van der Waals surface area contributed by atoms with E-state index in [0.29, 0.717) is 23.9 Å². The third-order valence-electron chi connectivity index (χ3n) is 2.49. The van der Waals surface area contributed by atoms with Gasteiger partial charge in [-0.15, -0.1) is 0 Å². The van der Waals surface area contributed by atoms with Crippen molar-refractivity contribution in [2.24, 2.45) is 0 Å². The SMILES string of the molecule is CCOc1c(C)oc(-c2ccc(Br)cc2)cc1=O. The van der Waals surface area contributed by atoms with E-state index in [1.54, 1.807) is 6.92 Å². The van der Waals surface area contributed by atoms with Crippen LogP contribution in [0.15, 0.2) is 44.0 Å². The van der Waals surface area contributed by atoms with Gasteiger partial charge in [0.15, 0.2) is 0 Å². The van der Waals surface area contributed by atoms with Gasteiger partial charge in [0.25, 0.3) is 0 Å². The predicted octanol–water partition coefficient (Wildman–Crippen LogP) is 3.78. The molecule has 0 saturated heterocycles. The molecule has 0 radical (unpaired) electrons. The molecule has 0 N–H and O–H groups in total. The zero-order valence-electron chi connectivity index (χ0n) is 10.2. The molecule has 0 bridgehead atoms. The standard InChI is InChI=1S/C14H13BrO3/c1-3-17-14-9(2)18-13(8-12(14)16)10-4-6-11(15)7-5-10/h4-8H,3H2,1-2H3. The van der Waals surface area contributed by atoms with Crippen molar-refractivity contribution >= 4 is 15.9 Å². The van der Waals surface area contributed by atoms with Crippen LogP contribution in [0.1, 0.15) is 12.7 Å². The van der Waals surface area contributed by atoms with Gasteiger partial charge in [0.1, 0.15) is 11.5 Å². The molecule has 1 heterocycles. The maximum atomic E-state index is 11.9. The fourth-order valence-corrected chi connectivity index (χ4v) is 1.94. The number of ether oxygens (including phenoxy) is 1. The van der Waals surface area contributed by atoms with Crippen LogP contribution in [0.3, 0.4) is 0 Å². The first-order valence-electron chi connectivity index (χ1n) is 5.65. The molecule has 0 unspecified atom stereocenters. The third-order valence-corrected chi connectivity index (χ3v) is 3.01. The summed E-state index contributed by atoms with van der Waals surface area (Å²) in [5.74, 6) is 1.34. The molecule has 0 fully saturated rings. The summed E-state index contributed by atoms with van der Waals surface area (Å²) in [5, 5.41) is 0. The number of halogens is 1. The van der Waals surface area contributed by atoms with Crippen molar-refractivity contribution in [1.82, 2.24) is 0 Å². The lowest BCUT2D eigenvalue weighted by atomic mass is 10.1. The molecule has 3 nitrogen and oxygen atoms in total. The molecular formula is C14H13BrO3. The van der Waals surface area contributed by atoms with E-state index in [-0.39, 0.29) is 5.43 Å². The Kier molecular flexibility index (Phi) is 3.87. The Bertz CT molecular complexity index is 599. The van der Waals surface area contributed by atoms with Crippen LogP contribution in [0.2, 0.25) is 0 Å². The monoisotopic (exact) mass is 308 g/mol. The number of hydrogen-bond acceptors (Lipinski definition) is 3. The van der Waals surface area contributed by atoms with Crippen LogP contribution in [0.25, 0.3) is 11.3 Å². The normalized spacial score (nSPS) is 10.4. The van der Waals surface area contributed by atoms with Crippen LogP contribution in [0.5, 0.6) is 5.75 Å². The Balaban J connectivity index is 2.48. The molecule has 1 aromatic heterocycles. The molecule has 18 heavy (non-hydrogen) atoms. The van der Waals surface area contributed by atoms with Crippen molar-refractivity contribution in [3.8, 4) is 17.1 Å². The highest BCUT2D eigenvalue weighted by Gasteiger charge is 2.10. The Morgan fingerprint density at radius 2 is 1.94 bits per heavy atom.